The molecule has 21 heavy (non-hydrogen) atoms. The molecule has 0 fully saturated rings. The van der Waals surface area contributed by atoms with Crippen LogP contribution in [0.2, 0.25) is 0 Å². The van der Waals surface area contributed by atoms with E-state index in [1.165, 1.54) is 6.07 Å². The average molecular weight is 311 g/mol. The molecule has 0 heterocycles. The summed E-state index contributed by atoms with van der Waals surface area (Å²) in [6.07, 6.45) is -5.99. The van der Waals surface area contributed by atoms with Crippen molar-refractivity contribution in [3.8, 4) is 17.6 Å². The van der Waals surface area contributed by atoms with E-state index >= 15 is 0 Å². The Morgan fingerprint density at radius 2 is 1.95 bits per heavy atom. The maximum absolute atomic E-state index is 12.2. The van der Waals surface area contributed by atoms with E-state index in [1.54, 1.807) is 0 Å². The maximum atomic E-state index is 12.2. The molecule has 0 aliphatic heterocycles. The number of hydrogen-bond donors (Lipinski definition) is 1. The van der Waals surface area contributed by atoms with Crippen LogP contribution >= 0.6 is 0 Å². The summed E-state index contributed by atoms with van der Waals surface area (Å²) in [6.45, 7) is -3.45. The number of alkyl halides is 5. The second-order valence-corrected chi connectivity index (χ2v) is 3.56. The van der Waals surface area contributed by atoms with E-state index in [4.69, 9.17) is 10.4 Å². The first-order chi connectivity index (χ1) is 9.62. The van der Waals surface area contributed by atoms with Crippen molar-refractivity contribution in [1.82, 2.24) is 0 Å². The standard InChI is InChI=1S/C11H6F5NO4/c12-10(13)20-7-2-6(4-17)5(3-9(18)19)1-8(7)21-11(14,15)16/h1-2,10H,3H2,(H,18,19). The van der Waals surface area contributed by atoms with Gasteiger partial charge >= 0.3 is 18.9 Å². The highest BCUT2D eigenvalue weighted by molar-refractivity contribution is 5.72. The number of nitriles is 1. The van der Waals surface area contributed by atoms with Gasteiger partial charge < -0.3 is 14.6 Å². The average Bonchev–Trinajstić information content (AvgIpc) is 2.29. The first kappa shape index (κ1) is 16.5. The van der Waals surface area contributed by atoms with Crippen LogP contribution in [0.4, 0.5) is 22.0 Å². The first-order valence-corrected chi connectivity index (χ1v) is 5.11. The van der Waals surface area contributed by atoms with E-state index in [0.717, 1.165) is 0 Å². The molecule has 0 saturated carbocycles. The van der Waals surface area contributed by atoms with Crippen LogP contribution in [0, 0.1) is 11.3 Å². The SMILES string of the molecule is N#Cc1cc(OC(F)F)c(OC(F)(F)F)cc1CC(=O)O. The zero-order valence-corrected chi connectivity index (χ0v) is 9.95. The molecule has 1 N–H and O–H groups in total. The summed E-state index contributed by atoms with van der Waals surface area (Å²) in [6, 6.07) is 2.57. The normalized spacial score (nSPS) is 11.1. The molecule has 1 aromatic rings. The lowest BCUT2D eigenvalue weighted by Crippen LogP contribution is -2.19. The minimum Gasteiger partial charge on any atom is -0.481 e. The number of ether oxygens (including phenoxy) is 2. The molecule has 1 rings (SSSR count). The number of halogens is 5. The van der Waals surface area contributed by atoms with Gasteiger partial charge in [-0.05, 0) is 11.6 Å². The second kappa shape index (κ2) is 6.25. The fourth-order valence-electron chi connectivity index (χ4n) is 1.41. The van der Waals surface area contributed by atoms with Gasteiger partial charge in [-0.1, -0.05) is 0 Å². The van der Waals surface area contributed by atoms with E-state index in [-0.39, 0.29) is 5.56 Å². The van der Waals surface area contributed by atoms with Crippen LogP contribution in [0.5, 0.6) is 11.5 Å². The van der Waals surface area contributed by atoms with Gasteiger partial charge in [-0.3, -0.25) is 4.79 Å². The predicted octanol–water partition coefficient (Wildman–Crippen LogP) is 2.69. The van der Waals surface area contributed by atoms with Crippen molar-refractivity contribution >= 4 is 5.97 Å². The minimum absolute atomic E-state index is 0.328. The number of nitrogens with zero attached hydrogens (tertiary/aromatic N) is 1. The van der Waals surface area contributed by atoms with Gasteiger partial charge in [-0.15, -0.1) is 13.2 Å². The van der Waals surface area contributed by atoms with Gasteiger partial charge in [-0.25, -0.2) is 0 Å². The van der Waals surface area contributed by atoms with Gasteiger partial charge in [0.15, 0.2) is 11.5 Å². The van der Waals surface area contributed by atoms with E-state index < -0.39 is 42.4 Å². The third-order valence-corrected chi connectivity index (χ3v) is 2.07. The third-order valence-electron chi connectivity index (χ3n) is 2.07. The van der Waals surface area contributed by atoms with Crippen molar-refractivity contribution in [2.75, 3.05) is 0 Å². The summed E-state index contributed by atoms with van der Waals surface area (Å²) in [7, 11) is 0. The Kier molecular flexibility index (Phi) is 4.91. The molecule has 114 valence electrons. The molecule has 0 unspecified atom stereocenters. The second-order valence-electron chi connectivity index (χ2n) is 3.56. The molecule has 0 radical (unpaired) electrons. The summed E-state index contributed by atoms with van der Waals surface area (Å²) in [5.74, 6) is -3.60. The molecule has 0 spiro atoms. The van der Waals surface area contributed by atoms with Gasteiger partial charge in [0.25, 0.3) is 0 Å². The van der Waals surface area contributed by atoms with Gasteiger partial charge in [0, 0.05) is 6.07 Å². The monoisotopic (exact) mass is 311 g/mol. The van der Waals surface area contributed by atoms with Crippen molar-refractivity contribution in [1.29, 1.82) is 5.26 Å². The summed E-state index contributed by atoms with van der Waals surface area (Å²) >= 11 is 0. The van der Waals surface area contributed by atoms with Crippen LogP contribution in [-0.2, 0) is 11.2 Å². The topological polar surface area (TPSA) is 79.5 Å². The molecule has 0 aliphatic rings. The zero-order valence-electron chi connectivity index (χ0n) is 9.95. The summed E-state index contributed by atoms with van der Waals surface area (Å²) in [4.78, 5) is 10.6. The number of benzene rings is 1. The van der Waals surface area contributed by atoms with Crippen molar-refractivity contribution in [3.63, 3.8) is 0 Å². The Balaban J connectivity index is 3.34. The molecular weight excluding hydrogens is 305 g/mol. The molecular formula is C11H6F5NO4. The summed E-state index contributed by atoms with van der Waals surface area (Å²) in [5.41, 5.74) is -0.742. The van der Waals surface area contributed by atoms with E-state index in [2.05, 4.69) is 9.47 Å². The highest BCUT2D eigenvalue weighted by Gasteiger charge is 2.33. The summed E-state index contributed by atoms with van der Waals surface area (Å²) in [5, 5.41) is 17.4. The highest BCUT2D eigenvalue weighted by Crippen LogP contribution is 2.36. The van der Waals surface area contributed by atoms with Crippen molar-refractivity contribution in [2.45, 2.75) is 19.4 Å². The van der Waals surface area contributed by atoms with Crippen LogP contribution in [-0.4, -0.2) is 24.0 Å². The molecule has 10 heteroatoms. The van der Waals surface area contributed by atoms with Gasteiger partial charge in [0.05, 0.1) is 18.1 Å². The zero-order chi connectivity index (χ0) is 16.2. The lowest BCUT2D eigenvalue weighted by atomic mass is 10.0. The molecule has 5 nitrogen and oxygen atoms in total. The number of carboxylic acid groups (broad SMARTS) is 1. The third kappa shape index (κ3) is 5.13. The Labute approximate surface area is 114 Å². The van der Waals surface area contributed by atoms with Crippen molar-refractivity contribution in [3.05, 3.63) is 23.3 Å². The molecule has 0 amide bonds. The number of carbonyl (C=O) groups is 1. The molecule has 0 bridgehead atoms. The Morgan fingerprint density at radius 1 is 1.33 bits per heavy atom. The molecule has 0 aliphatic carbocycles. The Morgan fingerprint density at radius 3 is 2.38 bits per heavy atom. The van der Waals surface area contributed by atoms with Gasteiger partial charge in [-0.2, -0.15) is 14.0 Å². The van der Waals surface area contributed by atoms with Crippen LogP contribution in [0.15, 0.2) is 12.1 Å². The fraction of sp³-hybridized carbons (Fsp3) is 0.273. The Bertz CT molecular complexity index is 579. The van der Waals surface area contributed by atoms with E-state index in [1.807, 2.05) is 0 Å². The first-order valence-electron chi connectivity index (χ1n) is 5.11. The van der Waals surface area contributed by atoms with Crippen molar-refractivity contribution < 1.29 is 41.3 Å². The van der Waals surface area contributed by atoms with Gasteiger partial charge in [0.2, 0.25) is 0 Å². The summed E-state index contributed by atoms with van der Waals surface area (Å²) < 4.78 is 68.2. The predicted molar refractivity (Wildman–Crippen MR) is 55.8 cm³/mol. The Hall–Kier alpha value is -2.57. The molecule has 0 saturated heterocycles. The van der Waals surface area contributed by atoms with E-state index in [0.29, 0.717) is 12.1 Å². The fourth-order valence-corrected chi connectivity index (χ4v) is 1.41. The van der Waals surface area contributed by atoms with Crippen LogP contribution in [0.3, 0.4) is 0 Å². The molecule has 0 atom stereocenters. The largest absolute Gasteiger partial charge is 0.573 e. The maximum Gasteiger partial charge on any atom is 0.573 e. The van der Waals surface area contributed by atoms with Gasteiger partial charge in [0.1, 0.15) is 0 Å². The lowest BCUT2D eigenvalue weighted by molar-refractivity contribution is -0.275. The highest BCUT2D eigenvalue weighted by atomic mass is 19.4. The lowest BCUT2D eigenvalue weighted by Gasteiger charge is -2.15. The number of carboxylic acids is 1. The number of hydrogen-bond acceptors (Lipinski definition) is 4. The van der Waals surface area contributed by atoms with Crippen LogP contribution < -0.4 is 9.47 Å². The number of aliphatic carboxylic acids is 1. The minimum atomic E-state index is -5.20. The van der Waals surface area contributed by atoms with Crippen LogP contribution in [0.25, 0.3) is 0 Å². The van der Waals surface area contributed by atoms with Crippen molar-refractivity contribution in [2.24, 2.45) is 0 Å². The molecule has 1 aromatic carbocycles. The quantitative estimate of drug-likeness (QED) is 0.846. The smallest absolute Gasteiger partial charge is 0.481 e. The number of rotatable bonds is 5. The molecule has 0 aromatic heterocycles. The van der Waals surface area contributed by atoms with E-state index in [9.17, 15) is 26.7 Å². The van der Waals surface area contributed by atoms with Crippen LogP contribution in [0.1, 0.15) is 11.1 Å².